The monoisotopic (exact) mass is 157 g/mol. The third-order valence-electron chi connectivity index (χ3n) is 1.82. The summed E-state index contributed by atoms with van der Waals surface area (Å²) in [5.41, 5.74) is 0. The van der Waals surface area contributed by atoms with E-state index in [-0.39, 0.29) is 4.75 Å². The summed E-state index contributed by atoms with van der Waals surface area (Å²) in [5.74, 6) is 1.06. The molecule has 0 aromatic heterocycles. The number of methoxy groups -OCH3 is 1. The Balaban J connectivity index is 2.66. The number of rotatable bonds is 1. The molecule has 0 aromatic rings. The first-order valence-electron chi connectivity index (χ1n) is 3.60. The highest BCUT2D eigenvalue weighted by Gasteiger charge is 2.22. The van der Waals surface area contributed by atoms with E-state index in [1.165, 1.54) is 6.42 Å². The molecule has 0 aliphatic heterocycles. The molecule has 0 N–H and O–H groups in total. The van der Waals surface area contributed by atoms with Gasteiger partial charge in [0.25, 0.3) is 0 Å². The minimum atomic E-state index is -0.0520. The van der Waals surface area contributed by atoms with Gasteiger partial charge >= 0.3 is 0 Å². The molecule has 0 amide bonds. The summed E-state index contributed by atoms with van der Waals surface area (Å²) in [5, 5.41) is 0. The first kappa shape index (κ1) is 7.99. The average molecular weight is 157 g/mol. The van der Waals surface area contributed by atoms with Crippen LogP contribution in [0.1, 0.15) is 26.2 Å². The molecule has 1 atom stereocenters. The Bertz CT molecular complexity index is 149. The van der Waals surface area contributed by atoms with E-state index in [1.807, 2.05) is 0 Å². The van der Waals surface area contributed by atoms with E-state index in [2.05, 4.69) is 13.0 Å². The zero-order valence-corrected chi connectivity index (χ0v) is 7.33. The van der Waals surface area contributed by atoms with Gasteiger partial charge in [-0.15, -0.1) is 0 Å². The summed E-state index contributed by atoms with van der Waals surface area (Å²) in [6.45, 7) is 2.07. The minimum absolute atomic E-state index is 0.0520. The van der Waals surface area contributed by atoms with Crippen LogP contribution in [0.25, 0.3) is 0 Å². The Morgan fingerprint density at radius 2 is 2.40 bits per heavy atom. The molecule has 1 aliphatic carbocycles. The molecule has 0 bridgehead atoms. The number of hydrogen-bond donors (Lipinski definition) is 0. The lowest BCUT2D eigenvalue weighted by molar-refractivity contribution is 0.262. The van der Waals surface area contributed by atoms with E-state index < -0.39 is 0 Å². The quantitative estimate of drug-likeness (QED) is 0.568. The molecule has 1 aliphatic rings. The molecule has 10 heavy (non-hydrogen) atoms. The van der Waals surface area contributed by atoms with Crippen LogP contribution in [0.5, 0.6) is 0 Å². The van der Waals surface area contributed by atoms with Crippen molar-refractivity contribution in [2.45, 2.75) is 30.9 Å². The highest BCUT2D eigenvalue weighted by molar-refractivity contribution is 7.82. The summed E-state index contributed by atoms with van der Waals surface area (Å²) < 4.78 is 5.07. The fraction of sp³-hybridized carbons (Fsp3) is 0.750. The van der Waals surface area contributed by atoms with Gasteiger partial charge in [-0.1, -0.05) is 12.6 Å². The fourth-order valence-electron chi connectivity index (χ4n) is 1.26. The van der Waals surface area contributed by atoms with Crippen molar-refractivity contribution in [1.82, 2.24) is 0 Å². The molecular weight excluding hydrogens is 144 g/mol. The summed E-state index contributed by atoms with van der Waals surface area (Å²) in [6.07, 6.45) is 5.39. The van der Waals surface area contributed by atoms with Gasteiger partial charge in [0.2, 0.25) is 0 Å². The Hall–Kier alpha value is -0.110. The van der Waals surface area contributed by atoms with Crippen molar-refractivity contribution in [3.05, 3.63) is 11.8 Å². The highest BCUT2D eigenvalue weighted by atomic mass is 32.1. The molecule has 0 fully saturated rings. The van der Waals surface area contributed by atoms with E-state index in [0.717, 1.165) is 18.6 Å². The predicted octanol–water partition coefficient (Wildman–Crippen LogP) is 2.66. The largest absolute Gasteiger partial charge is 0.501 e. The summed E-state index contributed by atoms with van der Waals surface area (Å²) in [6, 6.07) is 0. The second-order valence-electron chi connectivity index (χ2n) is 2.98. The Labute approximate surface area is 67.9 Å². The van der Waals surface area contributed by atoms with Crippen LogP contribution >= 0.6 is 12.6 Å². The molecule has 0 spiro atoms. The Kier molecular flexibility index (Phi) is 2.29. The van der Waals surface area contributed by atoms with Gasteiger partial charge in [-0.2, -0.15) is 0 Å². The second kappa shape index (κ2) is 2.87. The highest BCUT2D eigenvalue weighted by Crippen LogP contribution is 2.31. The lowest BCUT2D eigenvalue weighted by Gasteiger charge is -2.24. The van der Waals surface area contributed by atoms with Crippen LogP contribution < -0.4 is 0 Å². The van der Waals surface area contributed by atoms with E-state index >= 15 is 0 Å². The lowest BCUT2D eigenvalue weighted by Crippen LogP contribution is -2.17. The van der Waals surface area contributed by atoms with Crippen molar-refractivity contribution in [2.24, 2.45) is 0 Å². The third kappa shape index (κ3) is 1.94. The molecule has 0 aromatic carbocycles. The van der Waals surface area contributed by atoms with Crippen LogP contribution in [0.3, 0.4) is 0 Å². The summed E-state index contributed by atoms with van der Waals surface area (Å²) in [4.78, 5) is 0. The van der Waals surface area contributed by atoms with Crippen LogP contribution in [0.15, 0.2) is 11.8 Å². The minimum Gasteiger partial charge on any atom is -0.501 e. The number of allylic oxidation sites excluding steroid dienone is 1. The van der Waals surface area contributed by atoms with Crippen LogP contribution in [0.4, 0.5) is 0 Å². The standard InChI is InChI=1S/C8H13OS/c1-8(10)5-3-4-7(6-8)9-2/h6H,3-5H2,1-2H3. The first-order chi connectivity index (χ1) is 4.64. The van der Waals surface area contributed by atoms with E-state index in [1.54, 1.807) is 7.11 Å². The van der Waals surface area contributed by atoms with Crippen molar-refractivity contribution < 1.29 is 4.74 Å². The predicted molar refractivity (Wildman–Crippen MR) is 44.9 cm³/mol. The molecule has 0 heterocycles. The van der Waals surface area contributed by atoms with E-state index in [0.29, 0.717) is 0 Å². The van der Waals surface area contributed by atoms with Gasteiger partial charge < -0.3 is 4.74 Å². The van der Waals surface area contributed by atoms with Gasteiger partial charge in [-0.05, 0) is 25.8 Å². The van der Waals surface area contributed by atoms with Gasteiger partial charge in [-0.3, -0.25) is 0 Å². The van der Waals surface area contributed by atoms with Crippen LogP contribution in [-0.2, 0) is 4.74 Å². The topological polar surface area (TPSA) is 9.23 Å². The number of ether oxygens (including phenoxy) is 1. The molecule has 0 saturated heterocycles. The first-order valence-corrected chi connectivity index (χ1v) is 4.01. The average Bonchev–Trinajstić information content (AvgIpc) is 1.86. The van der Waals surface area contributed by atoms with Crippen LogP contribution in [0.2, 0.25) is 0 Å². The summed E-state index contributed by atoms with van der Waals surface area (Å²) >= 11 is 5.28. The number of hydrogen-bond acceptors (Lipinski definition) is 1. The Morgan fingerprint density at radius 3 is 2.80 bits per heavy atom. The molecule has 1 unspecified atom stereocenters. The van der Waals surface area contributed by atoms with E-state index in [4.69, 9.17) is 17.4 Å². The SMILES string of the molecule is COC1=CC(C)([S])CCC1. The smallest absolute Gasteiger partial charge is 0.0929 e. The maximum absolute atomic E-state index is 5.28. The molecule has 57 valence electrons. The fourth-order valence-corrected chi connectivity index (χ4v) is 1.54. The maximum atomic E-state index is 5.28. The second-order valence-corrected chi connectivity index (χ2v) is 3.91. The maximum Gasteiger partial charge on any atom is 0.0929 e. The molecule has 0 saturated carbocycles. The zero-order chi connectivity index (χ0) is 7.61. The van der Waals surface area contributed by atoms with Gasteiger partial charge in [0.05, 0.1) is 12.9 Å². The van der Waals surface area contributed by atoms with Gasteiger partial charge in [0.15, 0.2) is 0 Å². The Morgan fingerprint density at radius 1 is 1.70 bits per heavy atom. The van der Waals surface area contributed by atoms with Crippen molar-refractivity contribution in [2.75, 3.05) is 7.11 Å². The lowest BCUT2D eigenvalue weighted by atomic mass is 9.95. The van der Waals surface area contributed by atoms with Crippen molar-refractivity contribution in [1.29, 1.82) is 0 Å². The van der Waals surface area contributed by atoms with Crippen molar-refractivity contribution in [3.8, 4) is 0 Å². The molecular formula is C8H13OS. The summed E-state index contributed by atoms with van der Waals surface area (Å²) in [7, 11) is 1.71. The molecule has 1 nitrogen and oxygen atoms in total. The van der Waals surface area contributed by atoms with Crippen LogP contribution in [0, 0.1) is 0 Å². The van der Waals surface area contributed by atoms with Crippen molar-refractivity contribution in [3.63, 3.8) is 0 Å². The zero-order valence-electron chi connectivity index (χ0n) is 6.52. The molecule has 2 heteroatoms. The van der Waals surface area contributed by atoms with E-state index in [9.17, 15) is 0 Å². The van der Waals surface area contributed by atoms with Gasteiger partial charge in [0.1, 0.15) is 0 Å². The molecule has 1 radical (unpaired) electrons. The van der Waals surface area contributed by atoms with Crippen LogP contribution in [-0.4, -0.2) is 11.9 Å². The van der Waals surface area contributed by atoms with Crippen molar-refractivity contribution >= 4 is 12.6 Å². The normalized spacial score (nSPS) is 33.3. The van der Waals surface area contributed by atoms with Gasteiger partial charge in [-0.25, -0.2) is 0 Å². The molecule has 1 rings (SSSR count). The van der Waals surface area contributed by atoms with Gasteiger partial charge in [0, 0.05) is 11.2 Å². The third-order valence-corrected chi connectivity index (χ3v) is 2.15.